The van der Waals surface area contributed by atoms with Crippen molar-refractivity contribution in [3.63, 3.8) is 0 Å². The fraction of sp³-hybridized carbons (Fsp3) is 0. The van der Waals surface area contributed by atoms with Crippen LogP contribution in [0.3, 0.4) is 0 Å². The second-order valence-electron chi connectivity index (χ2n) is 6.51. The van der Waals surface area contributed by atoms with Crippen LogP contribution in [0.2, 0.25) is 0 Å². The molecule has 0 saturated heterocycles. The van der Waals surface area contributed by atoms with Crippen LogP contribution in [-0.4, -0.2) is 0 Å². The van der Waals surface area contributed by atoms with Crippen LogP contribution in [0.1, 0.15) is 0 Å². The molecule has 0 aromatic heterocycles. The summed E-state index contributed by atoms with van der Waals surface area (Å²) in [5, 5.41) is 0. The summed E-state index contributed by atoms with van der Waals surface area (Å²) in [4.78, 5) is 0. The van der Waals surface area contributed by atoms with Crippen molar-refractivity contribution < 1.29 is 13.5 Å². The number of para-hydroxylation sites is 2. The number of halogens is 2. The fourth-order valence-electron chi connectivity index (χ4n) is 3.20. The van der Waals surface area contributed by atoms with Gasteiger partial charge in [0.25, 0.3) is 0 Å². The van der Waals surface area contributed by atoms with Crippen LogP contribution < -0.4 is 16.2 Å². The first-order valence-electron chi connectivity index (χ1n) is 9.01. The number of ether oxygens (including phenoxy) is 1. The van der Waals surface area contributed by atoms with Crippen LogP contribution >= 0.6 is 0 Å². The molecule has 0 aliphatic carbocycles. The van der Waals surface area contributed by atoms with Gasteiger partial charge in [0.05, 0.1) is 0 Å². The third-order valence-electron chi connectivity index (χ3n) is 4.65. The van der Waals surface area contributed by atoms with Gasteiger partial charge in [0, 0.05) is 33.6 Å². The molecule has 4 rings (SSSR count). The van der Waals surface area contributed by atoms with Crippen molar-refractivity contribution in [1.82, 2.24) is 0 Å². The zero-order chi connectivity index (χ0) is 20.4. The maximum absolute atomic E-state index is 15.1. The van der Waals surface area contributed by atoms with Gasteiger partial charge in [-0.2, -0.15) is 0 Å². The molecular weight excluding hydrogens is 370 g/mol. The Balaban J connectivity index is 1.75. The van der Waals surface area contributed by atoms with Crippen molar-refractivity contribution in [2.45, 2.75) is 0 Å². The first-order chi connectivity index (χ1) is 14.1. The maximum atomic E-state index is 15.1. The minimum Gasteiger partial charge on any atom is -0.451 e. The second-order valence-corrected chi connectivity index (χ2v) is 6.51. The zero-order valence-corrected chi connectivity index (χ0v) is 15.4. The lowest BCUT2D eigenvalue weighted by Crippen LogP contribution is -1.97. The van der Waals surface area contributed by atoms with E-state index in [1.54, 1.807) is 72.8 Å². The first kappa shape index (κ1) is 18.5. The molecule has 0 aliphatic rings. The van der Waals surface area contributed by atoms with Crippen LogP contribution in [0.4, 0.5) is 20.2 Å². The van der Waals surface area contributed by atoms with Crippen molar-refractivity contribution in [3.05, 3.63) is 96.6 Å². The summed E-state index contributed by atoms with van der Waals surface area (Å²) in [6, 6.07) is 23.3. The third kappa shape index (κ3) is 3.50. The van der Waals surface area contributed by atoms with Crippen molar-refractivity contribution in [2.75, 3.05) is 11.5 Å². The number of nitrogens with two attached hydrogens (primary N) is 2. The minimum atomic E-state index is -0.616. The van der Waals surface area contributed by atoms with E-state index >= 15 is 8.78 Å². The Labute approximate surface area is 167 Å². The number of anilines is 2. The summed E-state index contributed by atoms with van der Waals surface area (Å²) in [6.45, 7) is 0. The normalized spacial score (nSPS) is 10.7. The number of rotatable bonds is 4. The fourth-order valence-corrected chi connectivity index (χ4v) is 3.20. The number of benzene rings is 4. The Kier molecular flexibility index (Phi) is 4.87. The molecule has 0 amide bonds. The largest absolute Gasteiger partial charge is 0.451 e. The van der Waals surface area contributed by atoms with Gasteiger partial charge < -0.3 is 16.2 Å². The lowest BCUT2D eigenvalue weighted by Gasteiger charge is -2.14. The molecule has 4 N–H and O–H groups in total. The Morgan fingerprint density at radius 3 is 1.28 bits per heavy atom. The third-order valence-corrected chi connectivity index (χ3v) is 4.65. The highest BCUT2D eigenvalue weighted by Crippen LogP contribution is 2.37. The molecule has 0 heterocycles. The molecule has 0 radical (unpaired) electrons. The lowest BCUT2D eigenvalue weighted by atomic mass is 10.0. The van der Waals surface area contributed by atoms with Crippen molar-refractivity contribution >= 4 is 11.4 Å². The average Bonchev–Trinajstić information content (AvgIpc) is 2.72. The van der Waals surface area contributed by atoms with E-state index in [0.717, 1.165) is 0 Å². The van der Waals surface area contributed by atoms with Crippen LogP contribution in [0, 0.1) is 11.6 Å². The quantitative estimate of drug-likeness (QED) is 0.406. The predicted molar refractivity (Wildman–Crippen MR) is 113 cm³/mol. The highest BCUT2D eigenvalue weighted by molar-refractivity contribution is 5.78. The molecule has 4 aromatic carbocycles. The SMILES string of the molecule is Nc1ccccc1-c1cccc(Oc2cccc(-c3ccccc3N)c2F)c1F. The highest BCUT2D eigenvalue weighted by atomic mass is 19.1. The predicted octanol–water partition coefficient (Wildman–Crippen LogP) is 6.26. The molecule has 144 valence electrons. The van der Waals surface area contributed by atoms with E-state index in [-0.39, 0.29) is 22.6 Å². The van der Waals surface area contributed by atoms with E-state index < -0.39 is 11.6 Å². The standard InChI is InChI=1S/C24H18F2N2O/c25-23-17(15-7-1-3-11-19(15)27)9-5-13-21(23)29-22-14-6-10-18(24(22)26)16-8-2-4-12-20(16)28/h1-14H,27-28H2. The van der Waals surface area contributed by atoms with E-state index in [4.69, 9.17) is 16.2 Å². The summed E-state index contributed by atoms with van der Waals surface area (Å²) in [5.74, 6) is -1.42. The molecule has 0 aliphatic heterocycles. The van der Waals surface area contributed by atoms with Gasteiger partial charge in [-0.25, -0.2) is 8.78 Å². The highest BCUT2D eigenvalue weighted by Gasteiger charge is 2.17. The Morgan fingerprint density at radius 2 is 0.862 bits per heavy atom. The summed E-state index contributed by atoms with van der Waals surface area (Å²) in [7, 11) is 0. The molecule has 3 nitrogen and oxygen atoms in total. The van der Waals surface area contributed by atoms with E-state index in [1.807, 2.05) is 0 Å². The molecule has 4 aromatic rings. The molecule has 0 bridgehead atoms. The molecule has 0 atom stereocenters. The van der Waals surface area contributed by atoms with E-state index in [9.17, 15) is 0 Å². The molecule has 0 spiro atoms. The van der Waals surface area contributed by atoms with Gasteiger partial charge in [0.15, 0.2) is 23.1 Å². The van der Waals surface area contributed by atoms with Crippen LogP contribution in [0.25, 0.3) is 22.3 Å². The molecule has 0 fully saturated rings. The number of hydrogen-bond donors (Lipinski definition) is 2. The smallest absolute Gasteiger partial charge is 0.173 e. The van der Waals surface area contributed by atoms with Crippen molar-refractivity contribution in [2.24, 2.45) is 0 Å². The Bertz CT molecular complexity index is 1100. The summed E-state index contributed by atoms with van der Waals surface area (Å²) >= 11 is 0. The molecule has 5 heteroatoms. The zero-order valence-electron chi connectivity index (χ0n) is 15.4. The van der Waals surface area contributed by atoms with Gasteiger partial charge in [0.1, 0.15) is 0 Å². The first-order valence-corrected chi connectivity index (χ1v) is 9.01. The Hall–Kier alpha value is -3.86. The molecular formula is C24H18F2N2O. The van der Waals surface area contributed by atoms with Crippen LogP contribution in [0.15, 0.2) is 84.9 Å². The second kappa shape index (κ2) is 7.64. The molecule has 0 saturated carbocycles. The summed E-state index contributed by atoms with van der Waals surface area (Å²) < 4.78 is 35.9. The lowest BCUT2D eigenvalue weighted by molar-refractivity contribution is 0.416. The molecule has 0 unspecified atom stereocenters. The van der Waals surface area contributed by atoms with E-state index in [2.05, 4.69) is 0 Å². The average molecular weight is 388 g/mol. The van der Waals surface area contributed by atoms with E-state index in [1.165, 1.54) is 12.1 Å². The summed E-state index contributed by atoms with van der Waals surface area (Å²) in [6.07, 6.45) is 0. The topological polar surface area (TPSA) is 61.3 Å². The van der Waals surface area contributed by atoms with Crippen molar-refractivity contribution in [1.29, 1.82) is 0 Å². The Morgan fingerprint density at radius 1 is 0.483 bits per heavy atom. The van der Waals surface area contributed by atoms with Gasteiger partial charge in [-0.05, 0) is 24.3 Å². The minimum absolute atomic E-state index is 0.0946. The van der Waals surface area contributed by atoms with Gasteiger partial charge in [-0.3, -0.25) is 0 Å². The van der Waals surface area contributed by atoms with Gasteiger partial charge in [0.2, 0.25) is 0 Å². The van der Waals surface area contributed by atoms with Crippen molar-refractivity contribution in [3.8, 4) is 33.8 Å². The number of hydrogen-bond acceptors (Lipinski definition) is 3. The molecule has 29 heavy (non-hydrogen) atoms. The van der Waals surface area contributed by atoms with Gasteiger partial charge in [-0.15, -0.1) is 0 Å². The monoisotopic (exact) mass is 388 g/mol. The van der Waals surface area contributed by atoms with Crippen LogP contribution in [0.5, 0.6) is 11.5 Å². The van der Waals surface area contributed by atoms with E-state index in [0.29, 0.717) is 22.5 Å². The summed E-state index contributed by atoms with van der Waals surface area (Å²) in [5.41, 5.74) is 14.5. The van der Waals surface area contributed by atoms with Gasteiger partial charge >= 0.3 is 0 Å². The van der Waals surface area contributed by atoms with Crippen LogP contribution in [-0.2, 0) is 0 Å². The van der Waals surface area contributed by atoms with Gasteiger partial charge in [-0.1, -0.05) is 60.7 Å². The maximum Gasteiger partial charge on any atom is 0.173 e. The number of nitrogen functional groups attached to an aromatic ring is 2.